The van der Waals surface area contributed by atoms with Crippen molar-refractivity contribution in [2.24, 2.45) is 0 Å². The van der Waals surface area contributed by atoms with Crippen molar-refractivity contribution < 1.29 is 9.31 Å². The smallest absolute Gasteiger partial charge is 0.399 e. The molecule has 0 spiro atoms. The third kappa shape index (κ3) is 14.0. The Labute approximate surface area is 566 Å². The zero-order chi connectivity index (χ0) is 67.0. The lowest BCUT2D eigenvalue weighted by atomic mass is 9.79. The summed E-state index contributed by atoms with van der Waals surface area (Å²) in [6.45, 7) is 34.8. The average molecular weight is 1250 g/mol. The Morgan fingerprint density at radius 1 is 0.274 bits per heavy atom. The summed E-state index contributed by atoms with van der Waals surface area (Å²) < 4.78 is 12.5. The van der Waals surface area contributed by atoms with Crippen molar-refractivity contribution >= 4 is 85.3 Å². The summed E-state index contributed by atoms with van der Waals surface area (Å²) in [5.74, 6) is 1.49. The first-order valence-corrected chi connectivity index (χ1v) is 34.0. The molecule has 0 amide bonds. The fraction of sp³-hybridized carbons (Fsp3) is 0.236. The SMILES string of the molecule is Cc1ccc(N(c2ccc(-c3ccc4cc5cc(-c6ccc(N(c7ccc(C(C)C)cc7)c7ccc(C)cc7C)cc6)ccc5cc4c3)cc2)c2ccc(C(C)C)cc2)c(C)c1.Cc1ccc(N(c2ccc(B3OC(C)(C)C(C)(C)O3)cc2)c2ccc(C(C)C)cc2)c(C)c1. The fourth-order valence-electron chi connectivity index (χ4n) is 13.2. The van der Waals surface area contributed by atoms with E-state index < -0.39 is 0 Å². The zero-order valence-corrected chi connectivity index (χ0v) is 58.6. The standard InChI is InChI=1S/C60H56N2.C29H36BNO2/c1-39(2)45-15-23-55(24-16-45)61(59-31-9-41(5)33-43(59)7)57-27-19-47(20-28-57)49-11-13-51-38-54-36-50(12-14-52(54)37-53(51)35-49)48-21-29-58(30-22-48)62(60-32-10-42(6)34-44(60)8)56-25-17-46(18-26-56)40(3)4;1-20(2)23-10-14-25(15-11-23)31(27-18-9-21(3)19-22(27)4)26-16-12-24(13-17-26)30-32-28(5,6)29(7,8)33-30/h9-40H,1-8H3;9-20H,1-8H3. The molecule has 0 saturated carbocycles. The Bertz CT molecular complexity index is 4460. The van der Waals surface area contributed by atoms with Gasteiger partial charge in [-0.3, -0.25) is 0 Å². The van der Waals surface area contributed by atoms with Crippen LogP contribution in [0.5, 0.6) is 0 Å². The molecule has 12 aromatic carbocycles. The van der Waals surface area contributed by atoms with Gasteiger partial charge in [-0.1, -0.05) is 192 Å². The van der Waals surface area contributed by atoms with Gasteiger partial charge in [0.1, 0.15) is 0 Å². The van der Waals surface area contributed by atoms with E-state index in [9.17, 15) is 0 Å². The lowest BCUT2D eigenvalue weighted by molar-refractivity contribution is 0.00578. The zero-order valence-electron chi connectivity index (χ0n) is 58.6. The maximum Gasteiger partial charge on any atom is 0.494 e. The topological polar surface area (TPSA) is 28.2 Å². The summed E-state index contributed by atoms with van der Waals surface area (Å²) in [7, 11) is -0.357. The third-order valence-electron chi connectivity index (χ3n) is 19.6. The van der Waals surface area contributed by atoms with Crippen molar-refractivity contribution in [2.75, 3.05) is 14.7 Å². The number of anilines is 9. The maximum absolute atomic E-state index is 6.25. The van der Waals surface area contributed by atoms with Gasteiger partial charge in [-0.2, -0.15) is 0 Å². The highest BCUT2D eigenvalue weighted by molar-refractivity contribution is 6.62. The predicted molar refractivity (Wildman–Crippen MR) is 409 cm³/mol. The molecule has 6 heteroatoms. The Kier molecular flexibility index (Phi) is 18.7. The summed E-state index contributed by atoms with van der Waals surface area (Å²) in [6.07, 6.45) is 0. The molecule has 0 N–H and O–H groups in total. The molecule has 95 heavy (non-hydrogen) atoms. The molecule has 0 radical (unpaired) electrons. The van der Waals surface area contributed by atoms with Gasteiger partial charge in [-0.15, -0.1) is 0 Å². The molecule has 1 fully saturated rings. The van der Waals surface area contributed by atoms with Gasteiger partial charge >= 0.3 is 7.12 Å². The second-order valence-electron chi connectivity index (χ2n) is 28.4. The van der Waals surface area contributed by atoms with Crippen LogP contribution in [0.3, 0.4) is 0 Å². The van der Waals surface area contributed by atoms with E-state index in [0.29, 0.717) is 17.8 Å². The molecule has 0 bridgehead atoms. The van der Waals surface area contributed by atoms with Crippen LogP contribution in [0.15, 0.2) is 249 Å². The quantitative estimate of drug-likeness (QED) is 0.0753. The minimum atomic E-state index is -0.357. The first kappa shape index (κ1) is 65.6. The second kappa shape index (κ2) is 27.1. The summed E-state index contributed by atoms with van der Waals surface area (Å²) in [5, 5.41) is 4.96. The van der Waals surface area contributed by atoms with Gasteiger partial charge in [-0.05, 0) is 285 Å². The minimum absolute atomic E-state index is 0.348. The summed E-state index contributed by atoms with van der Waals surface area (Å²) >= 11 is 0. The van der Waals surface area contributed by atoms with E-state index in [1.54, 1.807) is 0 Å². The highest BCUT2D eigenvalue weighted by Gasteiger charge is 2.51. The van der Waals surface area contributed by atoms with Crippen LogP contribution >= 0.6 is 0 Å². The second-order valence-corrected chi connectivity index (χ2v) is 28.4. The van der Waals surface area contributed by atoms with Crippen LogP contribution in [-0.2, 0) is 9.31 Å². The minimum Gasteiger partial charge on any atom is -0.399 e. The Hall–Kier alpha value is -9.46. The third-order valence-corrected chi connectivity index (χ3v) is 19.6. The van der Waals surface area contributed by atoms with E-state index in [4.69, 9.17) is 9.31 Å². The van der Waals surface area contributed by atoms with Crippen molar-refractivity contribution in [1.82, 2.24) is 0 Å². The predicted octanol–water partition coefficient (Wildman–Crippen LogP) is 24.9. The molecule has 1 heterocycles. The monoisotopic (exact) mass is 1250 g/mol. The van der Waals surface area contributed by atoms with Crippen molar-refractivity contribution in [3.8, 4) is 22.3 Å². The number of hydrogen-bond acceptors (Lipinski definition) is 5. The van der Waals surface area contributed by atoms with Crippen LogP contribution in [0.25, 0.3) is 43.8 Å². The Morgan fingerprint density at radius 3 is 0.811 bits per heavy atom. The summed E-state index contributed by atoms with van der Waals surface area (Å²) in [5.41, 5.74) is 27.2. The molecule has 0 aromatic heterocycles. The number of hydrogen-bond donors (Lipinski definition) is 0. The van der Waals surface area contributed by atoms with Gasteiger partial charge in [0, 0.05) is 51.2 Å². The molecule has 478 valence electrons. The van der Waals surface area contributed by atoms with Gasteiger partial charge in [-0.25, -0.2) is 0 Å². The van der Waals surface area contributed by atoms with E-state index >= 15 is 0 Å². The lowest BCUT2D eigenvalue weighted by Gasteiger charge is -2.32. The summed E-state index contributed by atoms with van der Waals surface area (Å²) in [6, 6.07) is 92.1. The van der Waals surface area contributed by atoms with Gasteiger partial charge in [0.25, 0.3) is 0 Å². The first-order chi connectivity index (χ1) is 45.5. The molecule has 0 atom stereocenters. The van der Waals surface area contributed by atoms with Crippen molar-refractivity contribution in [3.63, 3.8) is 0 Å². The fourth-order valence-corrected chi connectivity index (χ4v) is 13.2. The number of nitrogens with zero attached hydrogens (tertiary/aromatic N) is 3. The van der Waals surface area contributed by atoms with E-state index in [-0.39, 0.29) is 18.3 Å². The van der Waals surface area contributed by atoms with E-state index in [0.717, 1.165) is 39.6 Å². The number of fused-ring (bicyclic) bond motifs is 2. The van der Waals surface area contributed by atoms with Crippen LogP contribution < -0.4 is 20.2 Å². The summed E-state index contributed by atoms with van der Waals surface area (Å²) in [4.78, 5) is 7.09. The molecule has 1 aliphatic heterocycles. The largest absolute Gasteiger partial charge is 0.494 e. The Morgan fingerprint density at radius 2 is 0.537 bits per heavy atom. The molecule has 13 rings (SSSR count). The molecule has 0 unspecified atom stereocenters. The van der Waals surface area contributed by atoms with Crippen LogP contribution in [-0.4, -0.2) is 18.3 Å². The van der Waals surface area contributed by atoms with Crippen LogP contribution in [0.4, 0.5) is 51.2 Å². The molecule has 1 saturated heterocycles. The van der Waals surface area contributed by atoms with E-state index in [2.05, 4.69) is 374 Å². The first-order valence-electron chi connectivity index (χ1n) is 34.0. The molecule has 0 aliphatic carbocycles. The molecular weight excluding hydrogens is 1150 g/mol. The number of benzene rings is 12. The van der Waals surface area contributed by atoms with Gasteiger partial charge in [0.15, 0.2) is 0 Å². The highest BCUT2D eigenvalue weighted by atomic mass is 16.7. The normalized spacial score (nSPS) is 13.4. The maximum atomic E-state index is 6.25. The molecular formula is C89H92BN3O2. The van der Waals surface area contributed by atoms with Gasteiger partial charge in [0.2, 0.25) is 0 Å². The van der Waals surface area contributed by atoms with E-state index in [1.165, 1.54) is 111 Å². The molecule has 1 aliphatic rings. The molecule has 12 aromatic rings. The van der Waals surface area contributed by atoms with Crippen LogP contribution in [0, 0.1) is 41.5 Å². The number of rotatable bonds is 15. The average Bonchev–Trinajstić information content (AvgIpc) is 1.75. The van der Waals surface area contributed by atoms with Gasteiger partial charge < -0.3 is 24.0 Å². The molecule has 5 nitrogen and oxygen atoms in total. The highest BCUT2D eigenvalue weighted by Crippen LogP contribution is 2.43. The number of aryl methyl sites for hydroxylation is 6. The van der Waals surface area contributed by atoms with E-state index in [1.807, 2.05) is 0 Å². The van der Waals surface area contributed by atoms with Gasteiger partial charge in [0.05, 0.1) is 11.2 Å². The lowest BCUT2D eigenvalue weighted by Crippen LogP contribution is -2.41. The van der Waals surface area contributed by atoms with Crippen LogP contribution in [0.1, 0.15) is 137 Å². The van der Waals surface area contributed by atoms with Crippen molar-refractivity contribution in [3.05, 3.63) is 299 Å². The van der Waals surface area contributed by atoms with Crippen molar-refractivity contribution in [2.45, 2.75) is 140 Å². The Balaban J connectivity index is 0.000000220. The van der Waals surface area contributed by atoms with Crippen LogP contribution in [0.2, 0.25) is 0 Å². The van der Waals surface area contributed by atoms with Crippen molar-refractivity contribution in [1.29, 1.82) is 0 Å².